The normalized spacial score (nSPS) is 10.4. The molecule has 2 aromatic rings. The van der Waals surface area contributed by atoms with Gasteiger partial charge in [0.1, 0.15) is 0 Å². The van der Waals surface area contributed by atoms with Crippen molar-refractivity contribution >= 4 is 45.5 Å². The lowest BCUT2D eigenvalue weighted by molar-refractivity contribution is -0.384. The fourth-order valence-electron chi connectivity index (χ4n) is 1.74. The first kappa shape index (κ1) is 18.1. The van der Waals surface area contributed by atoms with Crippen molar-refractivity contribution in [1.29, 1.82) is 0 Å². The molecule has 0 saturated carbocycles. The Morgan fingerprint density at radius 1 is 1.42 bits per heavy atom. The van der Waals surface area contributed by atoms with Crippen LogP contribution in [0.4, 0.5) is 16.5 Å². The number of aromatic nitrogens is 2. The van der Waals surface area contributed by atoms with Crippen molar-refractivity contribution in [2.24, 2.45) is 0 Å². The van der Waals surface area contributed by atoms with Gasteiger partial charge in [-0.2, -0.15) is 0 Å². The molecule has 0 fully saturated rings. The highest BCUT2D eigenvalue weighted by Crippen LogP contribution is 2.26. The van der Waals surface area contributed by atoms with E-state index < -0.39 is 4.92 Å². The largest absolute Gasteiger partial charge is 0.360 e. The van der Waals surface area contributed by atoms with Crippen LogP contribution < -0.4 is 10.6 Å². The Morgan fingerprint density at radius 3 is 2.92 bits per heavy atom. The van der Waals surface area contributed by atoms with Gasteiger partial charge in [0, 0.05) is 18.7 Å². The van der Waals surface area contributed by atoms with Crippen LogP contribution >= 0.6 is 23.1 Å². The average Bonchev–Trinajstić information content (AvgIpc) is 3.00. The number of nitro benzene ring substituents is 1. The highest BCUT2D eigenvalue weighted by Gasteiger charge is 2.12. The van der Waals surface area contributed by atoms with E-state index in [0.29, 0.717) is 10.0 Å². The highest BCUT2D eigenvalue weighted by atomic mass is 32.2. The molecule has 0 atom stereocenters. The van der Waals surface area contributed by atoms with Crippen molar-refractivity contribution in [2.45, 2.75) is 24.6 Å². The molecule has 10 heteroatoms. The number of rotatable bonds is 8. The predicted molar refractivity (Wildman–Crippen MR) is 95.9 cm³/mol. The molecule has 0 saturated heterocycles. The Kier molecular flexibility index (Phi) is 6.50. The lowest BCUT2D eigenvalue weighted by atomic mass is 10.2. The molecule has 0 aliphatic heterocycles. The topological polar surface area (TPSA) is 110 Å². The second-order valence-corrected chi connectivity index (χ2v) is 7.09. The Morgan fingerprint density at radius 2 is 2.21 bits per heavy atom. The van der Waals surface area contributed by atoms with E-state index in [9.17, 15) is 14.9 Å². The van der Waals surface area contributed by atoms with Gasteiger partial charge in [-0.25, -0.2) is 0 Å². The number of nitro groups is 1. The fourth-order valence-corrected chi connectivity index (χ4v) is 3.32. The molecule has 1 heterocycles. The number of nitrogens with one attached hydrogen (secondary N) is 2. The number of non-ortho nitro benzene ring substituents is 1. The van der Waals surface area contributed by atoms with Crippen LogP contribution in [0.25, 0.3) is 0 Å². The van der Waals surface area contributed by atoms with E-state index in [1.165, 1.54) is 35.2 Å². The number of hydrogen-bond acceptors (Lipinski definition) is 8. The van der Waals surface area contributed by atoms with E-state index >= 15 is 0 Å². The van der Waals surface area contributed by atoms with Crippen LogP contribution in [-0.4, -0.2) is 33.3 Å². The summed E-state index contributed by atoms with van der Waals surface area (Å²) in [6.07, 6.45) is 0.993. The van der Waals surface area contributed by atoms with Crippen molar-refractivity contribution in [2.75, 3.05) is 22.9 Å². The Bertz CT molecular complexity index is 735. The van der Waals surface area contributed by atoms with Crippen LogP contribution in [0.3, 0.4) is 0 Å². The smallest absolute Gasteiger partial charge is 0.271 e. The third-order valence-corrected chi connectivity index (χ3v) is 4.98. The minimum Gasteiger partial charge on any atom is -0.360 e. The molecule has 24 heavy (non-hydrogen) atoms. The predicted octanol–water partition coefficient (Wildman–Crippen LogP) is 3.31. The van der Waals surface area contributed by atoms with Crippen molar-refractivity contribution in [1.82, 2.24) is 10.2 Å². The summed E-state index contributed by atoms with van der Waals surface area (Å²) in [5.74, 6) is -0.0910. The van der Waals surface area contributed by atoms with Crippen molar-refractivity contribution in [3.63, 3.8) is 0 Å². The zero-order valence-corrected chi connectivity index (χ0v) is 14.9. The van der Waals surface area contributed by atoms with Gasteiger partial charge in [0.15, 0.2) is 4.34 Å². The van der Waals surface area contributed by atoms with E-state index in [1.54, 1.807) is 13.0 Å². The molecule has 1 aromatic carbocycles. The van der Waals surface area contributed by atoms with Crippen LogP contribution in [0.5, 0.6) is 0 Å². The second-order valence-electron chi connectivity index (χ2n) is 4.89. The Balaban J connectivity index is 1.90. The summed E-state index contributed by atoms with van der Waals surface area (Å²) in [4.78, 5) is 22.4. The first-order chi connectivity index (χ1) is 11.5. The van der Waals surface area contributed by atoms with Gasteiger partial charge < -0.3 is 10.6 Å². The van der Waals surface area contributed by atoms with Gasteiger partial charge in [0.25, 0.3) is 5.69 Å². The molecule has 8 nitrogen and oxygen atoms in total. The maximum absolute atomic E-state index is 12.0. The van der Waals surface area contributed by atoms with Gasteiger partial charge in [-0.3, -0.25) is 14.9 Å². The lowest BCUT2D eigenvalue weighted by Gasteiger charge is -2.07. The van der Waals surface area contributed by atoms with Crippen LogP contribution in [-0.2, 0) is 4.79 Å². The van der Waals surface area contributed by atoms with Gasteiger partial charge in [-0.1, -0.05) is 36.1 Å². The molecule has 2 rings (SSSR count). The molecule has 2 N–H and O–H groups in total. The summed E-state index contributed by atoms with van der Waals surface area (Å²) in [6.45, 7) is 4.67. The van der Waals surface area contributed by atoms with Gasteiger partial charge in [-0.05, 0) is 18.9 Å². The number of anilines is 2. The van der Waals surface area contributed by atoms with Gasteiger partial charge in [-0.15, -0.1) is 10.2 Å². The lowest BCUT2D eigenvalue weighted by Crippen LogP contribution is -2.15. The quantitative estimate of drug-likeness (QED) is 0.418. The van der Waals surface area contributed by atoms with Crippen LogP contribution in [0.2, 0.25) is 0 Å². The summed E-state index contributed by atoms with van der Waals surface area (Å²) < 4.78 is 0.694. The Labute approximate surface area is 147 Å². The summed E-state index contributed by atoms with van der Waals surface area (Å²) in [7, 11) is 0. The third-order valence-electron chi connectivity index (χ3n) is 2.97. The minimum absolute atomic E-state index is 0.0562. The number of aryl methyl sites for hydroxylation is 1. The van der Waals surface area contributed by atoms with E-state index in [1.807, 2.05) is 0 Å². The third kappa shape index (κ3) is 5.17. The first-order valence-corrected chi connectivity index (χ1v) is 9.05. The number of thioether (sulfide) groups is 1. The molecule has 1 aromatic heterocycles. The monoisotopic (exact) mass is 367 g/mol. The fraction of sp³-hybridized carbons (Fsp3) is 0.357. The maximum atomic E-state index is 12.0. The minimum atomic E-state index is -0.490. The maximum Gasteiger partial charge on any atom is 0.271 e. The van der Waals surface area contributed by atoms with E-state index in [0.717, 1.165) is 23.7 Å². The van der Waals surface area contributed by atoms with Gasteiger partial charge in [0.05, 0.1) is 16.4 Å². The Hall–Kier alpha value is -2.20. The SMILES string of the molecule is CCCNc1nnc(SCC(=O)Nc2cc([N+](=O)[O-])ccc2C)s1. The number of nitrogens with zero attached hydrogens (tertiary/aromatic N) is 3. The molecule has 0 aliphatic rings. The summed E-state index contributed by atoms with van der Waals surface area (Å²) in [5, 5.41) is 25.4. The van der Waals surface area contributed by atoms with E-state index in [2.05, 4.69) is 27.8 Å². The summed E-state index contributed by atoms with van der Waals surface area (Å²) in [5.41, 5.74) is 1.15. The number of hydrogen-bond donors (Lipinski definition) is 2. The van der Waals surface area contributed by atoms with E-state index in [-0.39, 0.29) is 17.3 Å². The average molecular weight is 367 g/mol. The van der Waals surface area contributed by atoms with Crippen molar-refractivity contribution < 1.29 is 9.72 Å². The molecule has 0 unspecified atom stereocenters. The second kappa shape index (κ2) is 8.60. The molecule has 1 amide bonds. The van der Waals surface area contributed by atoms with Crippen molar-refractivity contribution in [3.05, 3.63) is 33.9 Å². The number of carbonyl (C=O) groups is 1. The van der Waals surface area contributed by atoms with E-state index in [4.69, 9.17) is 0 Å². The molecule has 128 valence electrons. The summed E-state index contributed by atoms with van der Waals surface area (Å²) >= 11 is 2.67. The molecule has 0 radical (unpaired) electrons. The number of amides is 1. The van der Waals surface area contributed by atoms with Gasteiger partial charge in [0.2, 0.25) is 11.0 Å². The summed E-state index contributed by atoms with van der Waals surface area (Å²) in [6, 6.07) is 4.37. The van der Waals surface area contributed by atoms with Crippen molar-refractivity contribution in [3.8, 4) is 0 Å². The van der Waals surface area contributed by atoms with Crippen LogP contribution in [0, 0.1) is 17.0 Å². The standard InChI is InChI=1S/C14H17N5O3S2/c1-3-6-15-13-17-18-14(24-13)23-8-12(20)16-11-7-10(19(21)22)5-4-9(11)2/h4-5,7H,3,6,8H2,1-2H3,(H,15,17)(H,16,20). The zero-order valence-electron chi connectivity index (χ0n) is 13.2. The highest BCUT2D eigenvalue weighted by molar-refractivity contribution is 8.01. The molecule has 0 spiro atoms. The molecule has 0 aliphatic carbocycles. The zero-order chi connectivity index (χ0) is 17.5. The number of carbonyl (C=O) groups excluding carboxylic acids is 1. The number of benzene rings is 1. The molecule has 0 bridgehead atoms. The molecular weight excluding hydrogens is 350 g/mol. The van der Waals surface area contributed by atoms with Crippen LogP contribution in [0.1, 0.15) is 18.9 Å². The van der Waals surface area contributed by atoms with Gasteiger partial charge >= 0.3 is 0 Å². The first-order valence-electron chi connectivity index (χ1n) is 7.24. The van der Waals surface area contributed by atoms with Crippen LogP contribution in [0.15, 0.2) is 22.5 Å². The molecular formula is C14H17N5O3S2.